The maximum atomic E-state index is 3.36. The third-order valence-electron chi connectivity index (χ3n) is 3.60. The molecule has 1 atom stereocenters. The van der Waals surface area contributed by atoms with Crippen molar-refractivity contribution in [2.24, 2.45) is 5.92 Å². The van der Waals surface area contributed by atoms with Gasteiger partial charge < -0.3 is 0 Å². The molecule has 3 rings (SSSR count). The molecule has 0 amide bonds. The zero-order chi connectivity index (χ0) is 17.1. The van der Waals surface area contributed by atoms with Gasteiger partial charge in [0.05, 0.1) is 0 Å². The van der Waals surface area contributed by atoms with E-state index >= 15 is 0 Å². The molecule has 0 bridgehead atoms. The van der Waals surface area contributed by atoms with E-state index < -0.39 is 0 Å². The molecule has 0 heteroatoms. The molecule has 3 aliphatic rings. The minimum Gasteiger partial charge on any atom is -0.103 e. The van der Waals surface area contributed by atoms with Gasteiger partial charge in [0, 0.05) is 5.92 Å². The predicted octanol–water partition coefficient (Wildman–Crippen LogP) is 7.12. The Morgan fingerprint density at radius 1 is 0.955 bits per heavy atom. The fourth-order valence-electron chi connectivity index (χ4n) is 2.63. The molecule has 0 saturated heterocycles. The van der Waals surface area contributed by atoms with Crippen LogP contribution in [0.3, 0.4) is 0 Å². The summed E-state index contributed by atoms with van der Waals surface area (Å²) in [5, 5.41) is 0. The van der Waals surface area contributed by atoms with Gasteiger partial charge in [0.15, 0.2) is 0 Å². The number of rotatable bonds is 0. The lowest BCUT2D eigenvalue weighted by Crippen LogP contribution is -1.94. The molecule has 120 valence electrons. The Kier molecular flexibility index (Phi) is 9.95. The van der Waals surface area contributed by atoms with Crippen molar-refractivity contribution in [3.05, 3.63) is 83.1 Å². The van der Waals surface area contributed by atoms with E-state index in [1.807, 2.05) is 34.6 Å². The third-order valence-corrected chi connectivity index (χ3v) is 3.60. The molecular formula is C22H32. The first-order valence-corrected chi connectivity index (χ1v) is 8.43. The lowest BCUT2D eigenvalue weighted by Gasteiger charge is -2.08. The molecule has 0 N–H and O–H groups in total. The Balaban J connectivity index is 0.000000553. The van der Waals surface area contributed by atoms with Crippen LogP contribution in [-0.4, -0.2) is 0 Å². The van der Waals surface area contributed by atoms with Crippen molar-refractivity contribution in [3.63, 3.8) is 0 Å². The van der Waals surface area contributed by atoms with Gasteiger partial charge in [0.25, 0.3) is 0 Å². The van der Waals surface area contributed by atoms with Crippen LogP contribution in [0.15, 0.2) is 83.1 Å². The van der Waals surface area contributed by atoms with E-state index in [-0.39, 0.29) is 0 Å². The average Bonchev–Trinajstić information content (AvgIpc) is 3.02. The van der Waals surface area contributed by atoms with Gasteiger partial charge in [-0.15, -0.1) is 6.58 Å². The summed E-state index contributed by atoms with van der Waals surface area (Å²) in [7, 11) is 0. The van der Waals surface area contributed by atoms with Crippen LogP contribution in [0.1, 0.15) is 48.5 Å². The number of allylic oxidation sites excluding steroid dienone is 13. The van der Waals surface area contributed by atoms with Crippen LogP contribution in [0.4, 0.5) is 0 Å². The first-order valence-electron chi connectivity index (χ1n) is 8.43. The normalized spacial score (nSPS) is 24.9. The van der Waals surface area contributed by atoms with Gasteiger partial charge in [-0.3, -0.25) is 0 Å². The molecule has 0 aromatic carbocycles. The summed E-state index contributed by atoms with van der Waals surface area (Å²) in [5.41, 5.74) is 7.28. The minimum atomic E-state index is 0.544. The molecule has 0 spiro atoms. The summed E-state index contributed by atoms with van der Waals surface area (Å²) in [4.78, 5) is 0. The van der Waals surface area contributed by atoms with Gasteiger partial charge in [0.1, 0.15) is 0 Å². The van der Waals surface area contributed by atoms with Crippen LogP contribution in [0.5, 0.6) is 0 Å². The largest absolute Gasteiger partial charge is 0.103 e. The Hall–Kier alpha value is -1.82. The van der Waals surface area contributed by atoms with E-state index in [1.165, 1.54) is 27.9 Å². The SMILES string of the molecule is C=CC.CC.CC.CC1=C(C)C2C=CC3=C2C\1=C/C=C\C=C/3. The highest BCUT2D eigenvalue weighted by Gasteiger charge is 2.31. The molecule has 0 saturated carbocycles. The molecule has 0 fully saturated rings. The van der Waals surface area contributed by atoms with Crippen LogP contribution in [0.2, 0.25) is 0 Å². The van der Waals surface area contributed by atoms with Crippen molar-refractivity contribution in [3.8, 4) is 0 Å². The van der Waals surface area contributed by atoms with Gasteiger partial charge in [0.2, 0.25) is 0 Å². The second kappa shape index (κ2) is 10.8. The average molecular weight is 296 g/mol. The van der Waals surface area contributed by atoms with Gasteiger partial charge in [-0.25, -0.2) is 0 Å². The zero-order valence-corrected chi connectivity index (χ0v) is 15.4. The molecule has 3 aliphatic carbocycles. The fourth-order valence-corrected chi connectivity index (χ4v) is 2.63. The standard InChI is InChI=1S/C15H14.C3H6.2C2H6/c1-10-11(2)14-9-8-12-6-4-3-5-7-13(10)15(12)14;1-3-2;2*1-2/h3-9,14H,1-2H3;3H,1H2,2H3;2*1-2H3/b4-3?,5-3-,6-4-,7-5?,12-6?,13-7-;;;. The molecule has 0 aromatic rings. The van der Waals surface area contributed by atoms with Crippen molar-refractivity contribution in [2.45, 2.75) is 48.5 Å². The third kappa shape index (κ3) is 4.34. The highest BCUT2D eigenvalue weighted by atomic mass is 14.3. The van der Waals surface area contributed by atoms with E-state index in [2.05, 4.69) is 63.0 Å². The summed E-state index contributed by atoms with van der Waals surface area (Å²) >= 11 is 0. The van der Waals surface area contributed by atoms with E-state index in [1.54, 1.807) is 6.08 Å². The van der Waals surface area contributed by atoms with E-state index in [0.29, 0.717) is 5.92 Å². The van der Waals surface area contributed by atoms with Crippen LogP contribution in [0.25, 0.3) is 0 Å². The second-order valence-electron chi connectivity index (χ2n) is 4.75. The highest BCUT2D eigenvalue weighted by molar-refractivity contribution is 5.68. The van der Waals surface area contributed by atoms with Crippen molar-refractivity contribution >= 4 is 0 Å². The monoisotopic (exact) mass is 296 g/mol. The Labute approximate surface area is 138 Å². The Bertz CT molecular complexity index is 543. The smallest absolute Gasteiger partial charge is 0.0246 e. The molecule has 0 heterocycles. The number of hydrogen-bond acceptors (Lipinski definition) is 0. The maximum absolute atomic E-state index is 3.36. The van der Waals surface area contributed by atoms with E-state index in [4.69, 9.17) is 0 Å². The quantitative estimate of drug-likeness (QED) is 0.417. The lowest BCUT2D eigenvalue weighted by molar-refractivity contribution is 0.961. The second-order valence-corrected chi connectivity index (χ2v) is 4.75. The van der Waals surface area contributed by atoms with Gasteiger partial charge in [-0.2, -0.15) is 0 Å². The number of hydrogen-bond donors (Lipinski definition) is 0. The Morgan fingerprint density at radius 2 is 1.55 bits per heavy atom. The van der Waals surface area contributed by atoms with Crippen LogP contribution in [0, 0.1) is 5.92 Å². The fraction of sp³-hybridized carbons (Fsp3) is 0.364. The Morgan fingerprint density at radius 3 is 2.14 bits per heavy atom. The van der Waals surface area contributed by atoms with Crippen LogP contribution < -0.4 is 0 Å². The van der Waals surface area contributed by atoms with E-state index in [0.717, 1.165) is 0 Å². The summed E-state index contributed by atoms with van der Waals surface area (Å²) in [5.74, 6) is 0.544. The summed E-state index contributed by atoms with van der Waals surface area (Å²) in [6.45, 7) is 17.7. The van der Waals surface area contributed by atoms with Crippen molar-refractivity contribution in [2.75, 3.05) is 0 Å². The van der Waals surface area contributed by atoms with Gasteiger partial charge in [-0.1, -0.05) is 81.9 Å². The van der Waals surface area contributed by atoms with Gasteiger partial charge in [-0.05, 0) is 43.1 Å². The van der Waals surface area contributed by atoms with Crippen molar-refractivity contribution < 1.29 is 0 Å². The summed E-state index contributed by atoms with van der Waals surface area (Å²) in [6.07, 6.45) is 17.1. The minimum absolute atomic E-state index is 0.544. The molecule has 1 unspecified atom stereocenters. The van der Waals surface area contributed by atoms with Crippen LogP contribution in [-0.2, 0) is 0 Å². The predicted molar refractivity (Wildman–Crippen MR) is 103 cm³/mol. The van der Waals surface area contributed by atoms with Gasteiger partial charge >= 0.3 is 0 Å². The molecule has 0 nitrogen and oxygen atoms in total. The van der Waals surface area contributed by atoms with Crippen molar-refractivity contribution in [1.82, 2.24) is 0 Å². The van der Waals surface area contributed by atoms with E-state index in [9.17, 15) is 0 Å². The first kappa shape index (κ1) is 20.2. The molecule has 0 aromatic heterocycles. The summed E-state index contributed by atoms with van der Waals surface area (Å²) < 4.78 is 0. The van der Waals surface area contributed by atoms with Crippen LogP contribution >= 0.6 is 0 Å². The topological polar surface area (TPSA) is 0 Å². The molecular weight excluding hydrogens is 264 g/mol. The maximum Gasteiger partial charge on any atom is 0.0246 e. The molecule has 0 aliphatic heterocycles. The molecule has 22 heavy (non-hydrogen) atoms. The van der Waals surface area contributed by atoms with Crippen molar-refractivity contribution in [1.29, 1.82) is 0 Å². The molecule has 0 radical (unpaired) electrons. The lowest BCUT2D eigenvalue weighted by atomic mass is 9.95. The highest BCUT2D eigenvalue weighted by Crippen LogP contribution is 2.46. The summed E-state index contributed by atoms with van der Waals surface area (Å²) in [6, 6.07) is 0. The zero-order valence-electron chi connectivity index (χ0n) is 15.4. The first-order chi connectivity index (χ1) is 10.7.